The van der Waals surface area contributed by atoms with E-state index in [1.165, 1.54) is 23.3 Å². The van der Waals surface area contributed by atoms with Gasteiger partial charge in [0.2, 0.25) is 5.91 Å². The topological polar surface area (TPSA) is 32.3 Å². The minimum Gasteiger partial charge on any atom is -0.337 e. The Kier molecular flexibility index (Phi) is 3.16. The van der Waals surface area contributed by atoms with Gasteiger partial charge in [-0.3, -0.25) is 4.79 Å². The van der Waals surface area contributed by atoms with Crippen LogP contribution in [-0.2, 0) is 17.8 Å². The highest BCUT2D eigenvalue weighted by Gasteiger charge is 2.28. The van der Waals surface area contributed by atoms with Gasteiger partial charge in [0.05, 0.1) is 6.04 Å². The Bertz CT molecular complexity index is 409. The number of hydrogen-bond donors (Lipinski definition) is 1. The molecule has 3 heterocycles. The fourth-order valence-electron chi connectivity index (χ4n) is 2.72. The van der Waals surface area contributed by atoms with Crippen LogP contribution in [0.1, 0.15) is 29.7 Å². The molecule has 17 heavy (non-hydrogen) atoms. The van der Waals surface area contributed by atoms with Gasteiger partial charge in [-0.05, 0) is 42.8 Å². The number of nitrogens with one attached hydrogen (secondary N) is 1. The molecular formula is C13H18N2OS. The SMILES string of the molecule is O=C(C1CCCCN1)N1CCc2sccc2C1. The number of rotatable bonds is 1. The lowest BCUT2D eigenvalue weighted by atomic mass is 10.0. The Morgan fingerprint density at radius 3 is 3.24 bits per heavy atom. The number of carbonyl (C=O) groups excluding carboxylic acids is 1. The van der Waals surface area contributed by atoms with Crippen LogP contribution >= 0.6 is 11.3 Å². The van der Waals surface area contributed by atoms with Gasteiger partial charge in [0.15, 0.2) is 0 Å². The fourth-order valence-corrected chi connectivity index (χ4v) is 3.61. The van der Waals surface area contributed by atoms with E-state index in [0.29, 0.717) is 5.91 Å². The Labute approximate surface area is 106 Å². The van der Waals surface area contributed by atoms with Gasteiger partial charge in [-0.25, -0.2) is 0 Å². The van der Waals surface area contributed by atoms with Crippen molar-refractivity contribution in [2.75, 3.05) is 13.1 Å². The number of amides is 1. The zero-order valence-electron chi connectivity index (χ0n) is 9.95. The average molecular weight is 250 g/mol. The van der Waals surface area contributed by atoms with Gasteiger partial charge in [0.1, 0.15) is 0 Å². The molecule has 92 valence electrons. The van der Waals surface area contributed by atoms with Crippen LogP contribution in [0.2, 0.25) is 0 Å². The van der Waals surface area contributed by atoms with Gasteiger partial charge < -0.3 is 10.2 Å². The van der Waals surface area contributed by atoms with Crippen molar-refractivity contribution in [2.45, 2.75) is 38.3 Å². The Balaban J connectivity index is 1.67. The van der Waals surface area contributed by atoms with E-state index in [0.717, 1.165) is 32.5 Å². The molecule has 1 amide bonds. The van der Waals surface area contributed by atoms with Crippen molar-refractivity contribution in [3.05, 3.63) is 21.9 Å². The number of nitrogens with zero attached hydrogens (tertiary/aromatic N) is 1. The fraction of sp³-hybridized carbons (Fsp3) is 0.615. The summed E-state index contributed by atoms with van der Waals surface area (Å²) in [7, 11) is 0. The van der Waals surface area contributed by atoms with Gasteiger partial charge in [-0.1, -0.05) is 6.42 Å². The summed E-state index contributed by atoms with van der Waals surface area (Å²) in [5.74, 6) is 0.307. The molecular weight excluding hydrogens is 232 g/mol. The molecule has 4 heteroatoms. The molecule has 0 bridgehead atoms. The molecule has 0 aliphatic carbocycles. The largest absolute Gasteiger partial charge is 0.337 e. The second kappa shape index (κ2) is 4.78. The van der Waals surface area contributed by atoms with Crippen LogP contribution in [0, 0.1) is 0 Å². The summed E-state index contributed by atoms with van der Waals surface area (Å²) in [5, 5.41) is 5.48. The van der Waals surface area contributed by atoms with Crippen molar-refractivity contribution in [1.82, 2.24) is 10.2 Å². The van der Waals surface area contributed by atoms with Crippen LogP contribution in [0.3, 0.4) is 0 Å². The Morgan fingerprint density at radius 1 is 1.47 bits per heavy atom. The van der Waals surface area contributed by atoms with Crippen molar-refractivity contribution in [1.29, 1.82) is 0 Å². The van der Waals surface area contributed by atoms with Crippen LogP contribution in [0.25, 0.3) is 0 Å². The van der Waals surface area contributed by atoms with E-state index < -0.39 is 0 Å². The van der Waals surface area contributed by atoms with Crippen LogP contribution in [0.15, 0.2) is 11.4 Å². The number of piperidine rings is 1. The van der Waals surface area contributed by atoms with Crippen LogP contribution in [-0.4, -0.2) is 29.9 Å². The summed E-state index contributed by atoms with van der Waals surface area (Å²) in [5.41, 5.74) is 1.35. The van der Waals surface area contributed by atoms with Crippen molar-refractivity contribution in [2.24, 2.45) is 0 Å². The molecule has 1 fully saturated rings. The Morgan fingerprint density at radius 2 is 2.41 bits per heavy atom. The average Bonchev–Trinajstić information content (AvgIpc) is 2.86. The lowest BCUT2D eigenvalue weighted by molar-refractivity contribution is -0.134. The van der Waals surface area contributed by atoms with Crippen molar-refractivity contribution < 1.29 is 4.79 Å². The van der Waals surface area contributed by atoms with E-state index in [2.05, 4.69) is 16.8 Å². The smallest absolute Gasteiger partial charge is 0.240 e. The van der Waals surface area contributed by atoms with E-state index in [1.54, 1.807) is 0 Å². The molecule has 2 aliphatic rings. The summed E-state index contributed by atoms with van der Waals surface area (Å²) < 4.78 is 0. The highest BCUT2D eigenvalue weighted by Crippen LogP contribution is 2.25. The number of carbonyl (C=O) groups is 1. The molecule has 0 spiro atoms. The minimum absolute atomic E-state index is 0.0731. The summed E-state index contributed by atoms with van der Waals surface area (Å²) in [4.78, 5) is 15.8. The summed E-state index contributed by atoms with van der Waals surface area (Å²) >= 11 is 1.82. The molecule has 2 aliphatic heterocycles. The first kappa shape index (κ1) is 11.2. The molecule has 0 saturated carbocycles. The van der Waals surface area contributed by atoms with Crippen molar-refractivity contribution in [3.63, 3.8) is 0 Å². The van der Waals surface area contributed by atoms with E-state index in [-0.39, 0.29) is 6.04 Å². The van der Waals surface area contributed by atoms with Gasteiger partial charge in [-0.2, -0.15) is 0 Å². The quantitative estimate of drug-likeness (QED) is 0.824. The van der Waals surface area contributed by atoms with Crippen LogP contribution in [0.5, 0.6) is 0 Å². The van der Waals surface area contributed by atoms with Crippen LogP contribution < -0.4 is 5.32 Å². The molecule has 0 radical (unpaired) electrons. The first-order chi connectivity index (χ1) is 8.34. The number of fused-ring (bicyclic) bond motifs is 1. The molecule has 1 N–H and O–H groups in total. The normalized spacial score (nSPS) is 24.5. The van der Waals surface area contributed by atoms with E-state index >= 15 is 0 Å². The summed E-state index contributed by atoms with van der Waals surface area (Å²) in [6.07, 6.45) is 4.43. The molecule has 1 aromatic rings. The maximum Gasteiger partial charge on any atom is 0.240 e. The number of hydrogen-bond acceptors (Lipinski definition) is 3. The molecule has 3 rings (SSSR count). The molecule has 1 atom stereocenters. The minimum atomic E-state index is 0.0731. The third kappa shape index (κ3) is 2.24. The molecule has 1 saturated heterocycles. The lowest BCUT2D eigenvalue weighted by Gasteiger charge is -2.32. The standard InChI is InChI=1S/C13H18N2OS/c16-13(11-3-1-2-6-14-11)15-7-4-12-10(9-15)5-8-17-12/h5,8,11,14H,1-4,6-7,9H2. The maximum atomic E-state index is 12.4. The second-order valence-corrected chi connectivity index (χ2v) is 5.88. The third-order valence-electron chi connectivity index (χ3n) is 3.73. The van der Waals surface area contributed by atoms with Gasteiger partial charge in [0.25, 0.3) is 0 Å². The Hall–Kier alpha value is -0.870. The lowest BCUT2D eigenvalue weighted by Crippen LogP contribution is -2.49. The van der Waals surface area contributed by atoms with E-state index in [9.17, 15) is 4.79 Å². The molecule has 1 aromatic heterocycles. The van der Waals surface area contributed by atoms with Crippen LogP contribution in [0.4, 0.5) is 0 Å². The molecule has 3 nitrogen and oxygen atoms in total. The predicted molar refractivity (Wildman–Crippen MR) is 69.1 cm³/mol. The van der Waals surface area contributed by atoms with E-state index in [1.807, 2.05) is 16.2 Å². The predicted octanol–water partition coefficient (Wildman–Crippen LogP) is 1.77. The van der Waals surface area contributed by atoms with Gasteiger partial charge >= 0.3 is 0 Å². The zero-order chi connectivity index (χ0) is 11.7. The first-order valence-corrected chi connectivity index (χ1v) is 7.30. The zero-order valence-corrected chi connectivity index (χ0v) is 10.8. The monoisotopic (exact) mass is 250 g/mol. The van der Waals surface area contributed by atoms with Gasteiger partial charge in [-0.15, -0.1) is 11.3 Å². The highest BCUT2D eigenvalue weighted by molar-refractivity contribution is 7.10. The van der Waals surface area contributed by atoms with Crippen molar-refractivity contribution in [3.8, 4) is 0 Å². The van der Waals surface area contributed by atoms with Gasteiger partial charge in [0, 0.05) is 18.0 Å². The highest BCUT2D eigenvalue weighted by atomic mass is 32.1. The molecule has 0 aromatic carbocycles. The van der Waals surface area contributed by atoms with Crippen molar-refractivity contribution >= 4 is 17.2 Å². The van der Waals surface area contributed by atoms with E-state index in [4.69, 9.17) is 0 Å². The number of thiophene rings is 1. The second-order valence-electron chi connectivity index (χ2n) is 4.88. The summed E-state index contributed by atoms with van der Waals surface area (Å²) in [6, 6.07) is 2.23. The summed E-state index contributed by atoms with van der Waals surface area (Å²) in [6.45, 7) is 2.70. The maximum absolute atomic E-state index is 12.4. The molecule has 1 unspecified atom stereocenters. The first-order valence-electron chi connectivity index (χ1n) is 6.42. The third-order valence-corrected chi connectivity index (χ3v) is 4.75.